The van der Waals surface area contributed by atoms with Gasteiger partial charge in [0.25, 0.3) is 11.8 Å². The van der Waals surface area contributed by atoms with Gasteiger partial charge in [-0.25, -0.2) is 4.98 Å². The first-order chi connectivity index (χ1) is 11.4. The average molecular weight is 426 g/mol. The van der Waals surface area contributed by atoms with Crippen LogP contribution in [0.1, 0.15) is 20.8 Å². The first-order valence-electron chi connectivity index (χ1n) is 6.64. The molecule has 2 amide bonds. The van der Waals surface area contributed by atoms with Crippen LogP contribution in [0.2, 0.25) is 5.02 Å². The van der Waals surface area contributed by atoms with Crippen LogP contribution in [-0.2, 0) is 0 Å². The van der Waals surface area contributed by atoms with Crippen LogP contribution in [0.5, 0.6) is 0 Å². The molecular weight excluding hydrogens is 416 g/mol. The van der Waals surface area contributed by atoms with Gasteiger partial charge >= 0.3 is 0 Å². The van der Waals surface area contributed by atoms with E-state index in [9.17, 15) is 9.59 Å². The molecule has 4 N–H and O–H groups in total. The number of aromatic nitrogens is 2. The molecule has 0 saturated heterocycles. The lowest BCUT2D eigenvalue weighted by atomic mass is 10.2. The lowest BCUT2D eigenvalue weighted by molar-refractivity contribution is 0.0994. The standard InChI is InChI=1S/C15H10BrClN4O2S/c16-8-1-2-9(10(17)4-8)14(23)21-15-20-12(6-24-15)7-3-11(13(18)22)19-5-7/h1-6,19H,(H2,18,22)(H,20,21,23). The summed E-state index contributed by atoms with van der Waals surface area (Å²) in [6, 6.07) is 6.62. The topological polar surface area (TPSA) is 101 Å². The highest BCUT2D eigenvalue weighted by Crippen LogP contribution is 2.27. The van der Waals surface area contributed by atoms with Crippen LogP contribution in [0.3, 0.4) is 0 Å². The summed E-state index contributed by atoms with van der Waals surface area (Å²) in [5, 5.41) is 5.25. The molecule has 9 heteroatoms. The Morgan fingerprint density at radius 2 is 2.12 bits per heavy atom. The Morgan fingerprint density at radius 1 is 1.33 bits per heavy atom. The number of nitrogens with zero attached hydrogens (tertiary/aromatic N) is 1. The van der Waals surface area contributed by atoms with Gasteiger partial charge in [-0.3, -0.25) is 14.9 Å². The third kappa shape index (κ3) is 3.50. The maximum atomic E-state index is 12.3. The number of nitrogens with one attached hydrogen (secondary N) is 2. The minimum atomic E-state index is -0.546. The fraction of sp³-hybridized carbons (Fsp3) is 0. The lowest BCUT2D eigenvalue weighted by Gasteiger charge is -2.04. The summed E-state index contributed by atoms with van der Waals surface area (Å²) < 4.78 is 0.790. The molecular formula is C15H10BrClN4O2S. The van der Waals surface area contributed by atoms with E-state index < -0.39 is 5.91 Å². The van der Waals surface area contributed by atoms with E-state index in [1.807, 2.05) is 0 Å². The van der Waals surface area contributed by atoms with Gasteiger partial charge in [0.15, 0.2) is 5.13 Å². The minimum absolute atomic E-state index is 0.297. The molecule has 0 aliphatic carbocycles. The van der Waals surface area contributed by atoms with E-state index in [1.165, 1.54) is 11.3 Å². The molecule has 0 unspecified atom stereocenters. The summed E-state index contributed by atoms with van der Waals surface area (Å²) in [4.78, 5) is 30.5. The molecule has 0 aliphatic heterocycles. The maximum absolute atomic E-state index is 12.3. The number of primary amides is 1. The van der Waals surface area contributed by atoms with Crippen LogP contribution in [0.25, 0.3) is 11.3 Å². The Hall–Kier alpha value is -2.16. The molecule has 3 aromatic rings. The minimum Gasteiger partial charge on any atom is -0.364 e. The van der Waals surface area contributed by atoms with Crippen molar-refractivity contribution in [3.8, 4) is 11.3 Å². The van der Waals surface area contributed by atoms with Crippen molar-refractivity contribution in [2.45, 2.75) is 0 Å². The Balaban J connectivity index is 1.78. The molecule has 0 aliphatic rings. The van der Waals surface area contributed by atoms with Crippen molar-refractivity contribution in [3.63, 3.8) is 0 Å². The second-order valence-electron chi connectivity index (χ2n) is 4.78. The van der Waals surface area contributed by atoms with E-state index in [0.717, 1.165) is 4.47 Å². The van der Waals surface area contributed by atoms with Crippen molar-refractivity contribution in [3.05, 3.63) is 56.6 Å². The van der Waals surface area contributed by atoms with Crippen molar-refractivity contribution >= 4 is 55.8 Å². The number of hydrogen-bond acceptors (Lipinski definition) is 4. The summed E-state index contributed by atoms with van der Waals surface area (Å²) in [5.74, 6) is -0.893. The number of anilines is 1. The second-order valence-corrected chi connectivity index (χ2v) is 6.96. The number of nitrogens with two attached hydrogens (primary N) is 1. The van der Waals surface area contributed by atoms with E-state index in [1.54, 1.807) is 35.8 Å². The number of benzene rings is 1. The molecule has 24 heavy (non-hydrogen) atoms. The summed E-state index contributed by atoms with van der Waals surface area (Å²) in [6.07, 6.45) is 1.63. The van der Waals surface area contributed by atoms with Gasteiger partial charge < -0.3 is 10.7 Å². The fourth-order valence-corrected chi connectivity index (χ4v) is 3.46. The second kappa shape index (κ2) is 6.76. The predicted octanol–water partition coefficient (Wildman–Crippen LogP) is 3.91. The Morgan fingerprint density at radius 3 is 2.79 bits per heavy atom. The number of thiazole rings is 1. The van der Waals surface area contributed by atoms with Gasteiger partial charge in [0, 0.05) is 21.6 Å². The molecule has 0 spiro atoms. The summed E-state index contributed by atoms with van der Waals surface area (Å²) >= 11 is 10.6. The number of amides is 2. The lowest BCUT2D eigenvalue weighted by Crippen LogP contribution is -2.12. The highest BCUT2D eigenvalue weighted by atomic mass is 79.9. The van der Waals surface area contributed by atoms with Gasteiger partial charge in [0.1, 0.15) is 5.69 Å². The van der Waals surface area contributed by atoms with Crippen molar-refractivity contribution in [2.24, 2.45) is 5.73 Å². The number of H-pyrrole nitrogens is 1. The zero-order valence-corrected chi connectivity index (χ0v) is 15.1. The zero-order chi connectivity index (χ0) is 17.3. The van der Waals surface area contributed by atoms with Gasteiger partial charge in [-0.2, -0.15) is 0 Å². The quantitative estimate of drug-likeness (QED) is 0.591. The molecule has 1 aromatic carbocycles. The van der Waals surface area contributed by atoms with Gasteiger partial charge in [0.2, 0.25) is 0 Å². The number of carbonyl (C=O) groups excluding carboxylic acids is 2. The van der Waals surface area contributed by atoms with Gasteiger partial charge in [-0.1, -0.05) is 27.5 Å². The molecule has 0 saturated carbocycles. The van der Waals surface area contributed by atoms with E-state index in [-0.39, 0.29) is 5.91 Å². The number of aromatic amines is 1. The van der Waals surface area contributed by atoms with Gasteiger partial charge in [-0.05, 0) is 24.3 Å². The molecule has 2 heterocycles. The van der Waals surface area contributed by atoms with E-state index in [4.69, 9.17) is 17.3 Å². The summed E-state index contributed by atoms with van der Waals surface area (Å²) in [5.41, 5.74) is 7.19. The maximum Gasteiger partial charge on any atom is 0.265 e. The third-order valence-electron chi connectivity index (χ3n) is 3.14. The number of rotatable bonds is 4. The van der Waals surface area contributed by atoms with Crippen LogP contribution < -0.4 is 11.1 Å². The Labute approximate surface area is 154 Å². The molecule has 0 radical (unpaired) electrons. The highest BCUT2D eigenvalue weighted by molar-refractivity contribution is 9.10. The van der Waals surface area contributed by atoms with Crippen molar-refractivity contribution in [1.82, 2.24) is 9.97 Å². The Kier molecular flexibility index (Phi) is 4.70. The monoisotopic (exact) mass is 424 g/mol. The van der Waals surface area contributed by atoms with Gasteiger partial charge in [-0.15, -0.1) is 11.3 Å². The van der Waals surface area contributed by atoms with Crippen molar-refractivity contribution in [2.75, 3.05) is 5.32 Å². The third-order valence-corrected chi connectivity index (χ3v) is 4.71. The molecule has 2 aromatic heterocycles. The fourth-order valence-electron chi connectivity index (χ4n) is 1.99. The van der Waals surface area contributed by atoms with Crippen LogP contribution in [0.4, 0.5) is 5.13 Å². The predicted molar refractivity (Wildman–Crippen MR) is 97.5 cm³/mol. The smallest absolute Gasteiger partial charge is 0.265 e. The van der Waals surface area contributed by atoms with E-state index in [0.29, 0.717) is 32.7 Å². The van der Waals surface area contributed by atoms with E-state index in [2.05, 4.69) is 31.2 Å². The van der Waals surface area contributed by atoms with Crippen molar-refractivity contribution < 1.29 is 9.59 Å². The van der Waals surface area contributed by atoms with Crippen LogP contribution in [-0.4, -0.2) is 21.8 Å². The molecule has 0 fully saturated rings. The van der Waals surface area contributed by atoms with E-state index >= 15 is 0 Å². The average Bonchev–Trinajstić information content (AvgIpc) is 3.15. The normalized spacial score (nSPS) is 10.6. The summed E-state index contributed by atoms with van der Waals surface area (Å²) in [6.45, 7) is 0. The Bertz CT molecular complexity index is 937. The highest BCUT2D eigenvalue weighted by Gasteiger charge is 2.14. The number of carbonyl (C=O) groups is 2. The van der Waals surface area contributed by atoms with Crippen molar-refractivity contribution in [1.29, 1.82) is 0 Å². The first-order valence-corrected chi connectivity index (χ1v) is 8.69. The number of hydrogen-bond donors (Lipinski definition) is 3. The molecule has 0 bridgehead atoms. The van der Waals surface area contributed by atoms with Gasteiger partial charge in [0.05, 0.1) is 16.3 Å². The molecule has 0 atom stereocenters. The molecule has 3 rings (SSSR count). The molecule has 122 valence electrons. The van der Waals surface area contributed by atoms with Crippen LogP contribution >= 0.6 is 38.9 Å². The largest absolute Gasteiger partial charge is 0.364 e. The zero-order valence-electron chi connectivity index (χ0n) is 12.0. The SMILES string of the molecule is NC(=O)c1cc(-c2csc(NC(=O)c3ccc(Br)cc3Cl)n2)c[nH]1. The first kappa shape index (κ1) is 16.7. The van der Waals surface area contributed by atoms with Crippen LogP contribution in [0, 0.1) is 0 Å². The van der Waals surface area contributed by atoms with Crippen LogP contribution in [0.15, 0.2) is 40.3 Å². The molecule has 6 nitrogen and oxygen atoms in total. The summed E-state index contributed by atoms with van der Waals surface area (Å²) in [7, 11) is 0. The number of halogens is 2.